The van der Waals surface area contributed by atoms with Gasteiger partial charge in [-0.2, -0.15) is 4.31 Å². The van der Waals surface area contributed by atoms with E-state index in [2.05, 4.69) is 0 Å². The summed E-state index contributed by atoms with van der Waals surface area (Å²) >= 11 is 0. The number of rotatable bonds is 5. The molecule has 0 bridgehead atoms. The van der Waals surface area contributed by atoms with Crippen LogP contribution in [0.15, 0.2) is 53.4 Å². The lowest BCUT2D eigenvalue weighted by Crippen LogP contribution is -2.32. The molecule has 1 aliphatic heterocycles. The third kappa shape index (κ3) is 3.40. The molecule has 1 N–H and O–H groups in total. The number of sulfonamides is 1. The average molecular weight is 365 g/mol. The van der Waals surface area contributed by atoms with Gasteiger partial charge in [0.2, 0.25) is 10.0 Å². The maximum Gasteiger partial charge on any atom is 0.243 e. The first-order chi connectivity index (χ1) is 12.0. The number of ether oxygens (including phenoxy) is 1. The Labute approximate surface area is 146 Å². The Balaban J connectivity index is 2.02. The minimum Gasteiger partial charge on any atom is -0.497 e. The Morgan fingerprint density at radius 2 is 1.96 bits per heavy atom. The van der Waals surface area contributed by atoms with Gasteiger partial charge in [-0.15, -0.1) is 0 Å². The van der Waals surface area contributed by atoms with Crippen molar-refractivity contribution in [3.63, 3.8) is 0 Å². The molecule has 0 unspecified atom stereocenters. The van der Waals surface area contributed by atoms with Crippen molar-refractivity contribution in [2.24, 2.45) is 5.92 Å². The SMILES string of the molecule is COc1cccc([C@@H]2[C@H](CO)CCN2S(=O)(=O)c2ccc(F)cc2)c1. The molecule has 2 aromatic rings. The van der Waals surface area contributed by atoms with Gasteiger partial charge in [0.15, 0.2) is 0 Å². The predicted molar refractivity (Wildman–Crippen MR) is 91.2 cm³/mol. The zero-order chi connectivity index (χ0) is 18.0. The summed E-state index contributed by atoms with van der Waals surface area (Å²) in [6.45, 7) is 0.185. The number of benzene rings is 2. The molecular weight excluding hydrogens is 345 g/mol. The normalized spacial score (nSPS) is 21.4. The second-order valence-electron chi connectivity index (χ2n) is 6.02. The standard InChI is InChI=1S/C18H20FNO4S/c1-24-16-4-2-3-13(11-16)18-14(12-21)9-10-20(18)25(22,23)17-7-5-15(19)6-8-17/h2-8,11,14,18,21H,9-10,12H2,1H3/t14-,18+/m0/s1. The lowest BCUT2D eigenvalue weighted by molar-refractivity contribution is 0.199. The van der Waals surface area contributed by atoms with E-state index in [1.165, 1.54) is 16.4 Å². The summed E-state index contributed by atoms with van der Waals surface area (Å²) in [7, 11) is -2.25. The van der Waals surface area contributed by atoms with Crippen molar-refractivity contribution in [1.82, 2.24) is 4.31 Å². The molecule has 1 saturated heterocycles. The van der Waals surface area contributed by atoms with E-state index in [0.29, 0.717) is 18.7 Å². The fourth-order valence-electron chi connectivity index (χ4n) is 3.29. The smallest absolute Gasteiger partial charge is 0.243 e. The lowest BCUT2D eigenvalue weighted by Gasteiger charge is -2.27. The van der Waals surface area contributed by atoms with Crippen molar-refractivity contribution >= 4 is 10.0 Å². The molecule has 25 heavy (non-hydrogen) atoms. The largest absolute Gasteiger partial charge is 0.497 e. The Kier molecular flexibility index (Phi) is 5.08. The van der Waals surface area contributed by atoms with E-state index in [-0.39, 0.29) is 17.4 Å². The van der Waals surface area contributed by atoms with E-state index < -0.39 is 21.9 Å². The summed E-state index contributed by atoms with van der Waals surface area (Å²) in [5.74, 6) is -0.0690. The Hall–Kier alpha value is -1.96. The zero-order valence-electron chi connectivity index (χ0n) is 13.8. The molecule has 0 spiro atoms. The number of halogens is 1. The van der Waals surface area contributed by atoms with Crippen LogP contribution >= 0.6 is 0 Å². The van der Waals surface area contributed by atoms with Crippen molar-refractivity contribution in [3.8, 4) is 5.75 Å². The molecule has 3 rings (SSSR count). The van der Waals surface area contributed by atoms with Crippen molar-refractivity contribution in [1.29, 1.82) is 0 Å². The van der Waals surface area contributed by atoms with Crippen LogP contribution in [-0.4, -0.2) is 38.1 Å². The van der Waals surface area contributed by atoms with Gasteiger partial charge in [-0.3, -0.25) is 0 Å². The first-order valence-electron chi connectivity index (χ1n) is 7.99. The first kappa shape index (κ1) is 17.8. The van der Waals surface area contributed by atoms with Gasteiger partial charge in [-0.05, 0) is 48.4 Å². The van der Waals surface area contributed by atoms with Gasteiger partial charge in [0.05, 0.1) is 18.0 Å². The molecule has 0 aromatic heterocycles. The number of aliphatic hydroxyl groups excluding tert-OH is 1. The van der Waals surface area contributed by atoms with E-state index in [1.54, 1.807) is 25.3 Å². The average Bonchev–Trinajstić information content (AvgIpc) is 3.07. The van der Waals surface area contributed by atoms with Crippen LogP contribution in [0.1, 0.15) is 18.0 Å². The number of hydrogen-bond acceptors (Lipinski definition) is 4. The van der Waals surface area contributed by atoms with Gasteiger partial charge in [0, 0.05) is 19.1 Å². The molecule has 0 aliphatic carbocycles. The third-order valence-electron chi connectivity index (χ3n) is 4.57. The fraction of sp³-hybridized carbons (Fsp3) is 0.333. The van der Waals surface area contributed by atoms with E-state index in [1.807, 2.05) is 6.07 Å². The number of aliphatic hydroxyl groups is 1. The monoisotopic (exact) mass is 365 g/mol. The highest BCUT2D eigenvalue weighted by molar-refractivity contribution is 7.89. The summed E-state index contributed by atoms with van der Waals surface area (Å²) in [4.78, 5) is 0.0420. The predicted octanol–water partition coefficient (Wildman–Crippen LogP) is 2.58. The number of nitrogens with zero attached hydrogens (tertiary/aromatic N) is 1. The van der Waals surface area contributed by atoms with Crippen molar-refractivity contribution in [2.45, 2.75) is 17.4 Å². The lowest BCUT2D eigenvalue weighted by atomic mass is 9.95. The molecule has 0 radical (unpaired) electrons. The molecule has 2 atom stereocenters. The second kappa shape index (κ2) is 7.11. The number of hydrogen-bond donors (Lipinski definition) is 1. The first-order valence-corrected chi connectivity index (χ1v) is 9.43. The maximum absolute atomic E-state index is 13.1. The highest BCUT2D eigenvalue weighted by Gasteiger charge is 2.42. The van der Waals surface area contributed by atoms with Crippen molar-refractivity contribution in [2.75, 3.05) is 20.3 Å². The van der Waals surface area contributed by atoms with Gasteiger partial charge in [0.1, 0.15) is 11.6 Å². The summed E-state index contributed by atoms with van der Waals surface area (Å²) < 4.78 is 45.8. The van der Waals surface area contributed by atoms with Gasteiger partial charge in [0.25, 0.3) is 0 Å². The Morgan fingerprint density at radius 3 is 2.60 bits per heavy atom. The van der Waals surface area contributed by atoms with Crippen LogP contribution < -0.4 is 4.74 Å². The fourth-order valence-corrected chi connectivity index (χ4v) is 4.98. The molecule has 1 heterocycles. The summed E-state index contributed by atoms with van der Waals surface area (Å²) in [6.07, 6.45) is 0.554. The van der Waals surface area contributed by atoms with E-state index in [9.17, 15) is 17.9 Å². The molecule has 5 nitrogen and oxygen atoms in total. The topological polar surface area (TPSA) is 66.8 Å². The van der Waals surface area contributed by atoms with Gasteiger partial charge in [-0.1, -0.05) is 12.1 Å². The highest BCUT2D eigenvalue weighted by Crippen LogP contribution is 2.41. The van der Waals surface area contributed by atoms with Gasteiger partial charge >= 0.3 is 0 Å². The minimum atomic E-state index is -3.80. The van der Waals surface area contributed by atoms with Gasteiger partial charge < -0.3 is 9.84 Å². The van der Waals surface area contributed by atoms with Crippen LogP contribution in [0.3, 0.4) is 0 Å². The molecule has 134 valence electrons. The van der Waals surface area contributed by atoms with Crippen LogP contribution in [0.5, 0.6) is 5.75 Å². The number of methoxy groups -OCH3 is 1. The van der Waals surface area contributed by atoms with E-state index >= 15 is 0 Å². The van der Waals surface area contributed by atoms with Crippen molar-refractivity contribution in [3.05, 3.63) is 59.9 Å². The summed E-state index contributed by atoms with van der Waals surface area (Å²) in [5, 5.41) is 9.71. The quantitative estimate of drug-likeness (QED) is 0.884. The van der Waals surface area contributed by atoms with E-state index in [0.717, 1.165) is 17.7 Å². The molecule has 1 aliphatic rings. The van der Waals surface area contributed by atoms with Crippen LogP contribution in [0.2, 0.25) is 0 Å². The molecular formula is C18H20FNO4S. The third-order valence-corrected chi connectivity index (χ3v) is 6.46. The second-order valence-corrected chi connectivity index (χ2v) is 7.91. The molecule has 0 saturated carbocycles. The summed E-state index contributed by atoms with van der Waals surface area (Å²) in [6, 6.07) is 11.5. The van der Waals surface area contributed by atoms with Gasteiger partial charge in [-0.25, -0.2) is 12.8 Å². The van der Waals surface area contributed by atoms with Crippen LogP contribution in [0.25, 0.3) is 0 Å². The van der Waals surface area contributed by atoms with E-state index in [4.69, 9.17) is 4.74 Å². The van der Waals surface area contributed by atoms with Crippen LogP contribution in [-0.2, 0) is 10.0 Å². The molecule has 1 fully saturated rings. The molecule has 7 heteroatoms. The molecule has 0 amide bonds. The summed E-state index contributed by atoms with van der Waals surface area (Å²) in [5.41, 5.74) is 0.765. The Morgan fingerprint density at radius 1 is 1.24 bits per heavy atom. The Bertz CT molecular complexity index is 838. The highest BCUT2D eigenvalue weighted by atomic mass is 32.2. The maximum atomic E-state index is 13.1. The van der Waals surface area contributed by atoms with Crippen molar-refractivity contribution < 1.29 is 22.7 Å². The zero-order valence-corrected chi connectivity index (χ0v) is 14.6. The van der Waals surface area contributed by atoms with Crippen LogP contribution in [0, 0.1) is 11.7 Å². The minimum absolute atomic E-state index is 0.0420. The molecule has 2 aromatic carbocycles. The van der Waals surface area contributed by atoms with Crippen LogP contribution in [0.4, 0.5) is 4.39 Å².